The Morgan fingerprint density at radius 2 is 1.96 bits per heavy atom. The van der Waals surface area contributed by atoms with Crippen LogP contribution in [-0.4, -0.2) is 34.0 Å². The molecule has 1 N–H and O–H groups in total. The maximum absolute atomic E-state index is 12.1. The Labute approximate surface area is 135 Å². The van der Waals surface area contributed by atoms with Gasteiger partial charge in [-0.1, -0.05) is 0 Å². The molecule has 9 heteroatoms. The summed E-state index contributed by atoms with van der Waals surface area (Å²) in [5, 5.41) is 10.5. The van der Waals surface area contributed by atoms with Gasteiger partial charge in [-0.05, 0) is 32.4 Å². The summed E-state index contributed by atoms with van der Waals surface area (Å²) in [6, 6.07) is 2.10. The Morgan fingerprint density at radius 1 is 1.29 bits per heavy atom. The molecule has 0 aliphatic carbocycles. The van der Waals surface area contributed by atoms with E-state index in [0.717, 1.165) is 12.1 Å². The molecule has 0 atom stereocenters. The number of carbonyl (C=O) groups excluding carboxylic acids is 3. The number of aryl methyl sites for hydroxylation is 1. The molecule has 126 valence electrons. The van der Waals surface area contributed by atoms with Crippen LogP contribution in [0.3, 0.4) is 0 Å². The molecule has 0 spiro atoms. The highest BCUT2D eigenvalue weighted by molar-refractivity contribution is 6.04. The molecule has 0 amide bonds. The van der Waals surface area contributed by atoms with Crippen LogP contribution in [0.25, 0.3) is 0 Å². The molecule has 2 aromatic rings. The first-order chi connectivity index (χ1) is 11.2. The molecule has 2 aromatic heterocycles. The van der Waals surface area contributed by atoms with Crippen molar-refractivity contribution in [2.75, 3.05) is 6.61 Å². The standard InChI is InChI=1S/C15H14N2O7/c1-7-13(9(3)18)8(2)16-14(7)10(19)6-23-15(20)11-4-5-12(24-11)17(21)22/h4-5,16H,6H2,1-3H3. The highest BCUT2D eigenvalue weighted by Gasteiger charge is 2.23. The zero-order valence-electron chi connectivity index (χ0n) is 13.2. The van der Waals surface area contributed by atoms with Gasteiger partial charge in [-0.25, -0.2) is 4.79 Å². The summed E-state index contributed by atoms with van der Waals surface area (Å²) in [7, 11) is 0. The van der Waals surface area contributed by atoms with Crippen LogP contribution in [-0.2, 0) is 4.74 Å². The fraction of sp³-hybridized carbons (Fsp3) is 0.267. The summed E-state index contributed by atoms with van der Waals surface area (Å²) in [5.41, 5.74) is 1.63. The minimum Gasteiger partial charge on any atom is -0.451 e. The van der Waals surface area contributed by atoms with Crippen molar-refractivity contribution in [2.45, 2.75) is 20.8 Å². The van der Waals surface area contributed by atoms with E-state index in [1.807, 2.05) is 0 Å². The smallest absolute Gasteiger partial charge is 0.433 e. The lowest BCUT2D eigenvalue weighted by molar-refractivity contribution is -0.402. The number of H-pyrrole nitrogens is 1. The minimum absolute atomic E-state index is 0.177. The highest BCUT2D eigenvalue weighted by atomic mass is 16.7. The molecule has 0 saturated carbocycles. The van der Waals surface area contributed by atoms with Crippen molar-refractivity contribution in [2.24, 2.45) is 0 Å². The third kappa shape index (κ3) is 3.24. The van der Waals surface area contributed by atoms with Gasteiger partial charge in [0.1, 0.15) is 4.92 Å². The molecule has 0 aliphatic heterocycles. The molecule has 24 heavy (non-hydrogen) atoms. The predicted molar refractivity (Wildman–Crippen MR) is 80.2 cm³/mol. The van der Waals surface area contributed by atoms with Crippen LogP contribution in [0.1, 0.15) is 49.6 Å². The number of hydrogen-bond donors (Lipinski definition) is 1. The van der Waals surface area contributed by atoms with E-state index in [9.17, 15) is 24.5 Å². The third-order valence-corrected chi connectivity index (χ3v) is 3.38. The molecule has 0 fully saturated rings. The average molecular weight is 334 g/mol. The topological polar surface area (TPSA) is 133 Å². The van der Waals surface area contributed by atoms with Gasteiger partial charge in [-0.3, -0.25) is 19.7 Å². The van der Waals surface area contributed by atoms with Crippen LogP contribution in [0.5, 0.6) is 0 Å². The number of aromatic nitrogens is 1. The van der Waals surface area contributed by atoms with Crippen LogP contribution in [0.4, 0.5) is 5.88 Å². The van der Waals surface area contributed by atoms with Crippen molar-refractivity contribution in [3.05, 3.63) is 50.5 Å². The molecule has 0 aromatic carbocycles. The number of nitro groups is 1. The minimum atomic E-state index is -0.996. The quantitative estimate of drug-likeness (QED) is 0.371. The Bertz CT molecular complexity index is 844. The number of aromatic amines is 1. The maximum Gasteiger partial charge on any atom is 0.433 e. The summed E-state index contributed by atoms with van der Waals surface area (Å²) < 4.78 is 9.48. The monoisotopic (exact) mass is 334 g/mol. The van der Waals surface area contributed by atoms with Gasteiger partial charge < -0.3 is 14.1 Å². The van der Waals surface area contributed by atoms with E-state index in [-0.39, 0.29) is 17.2 Å². The number of ketones is 2. The van der Waals surface area contributed by atoms with E-state index in [4.69, 9.17) is 4.74 Å². The van der Waals surface area contributed by atoms with E-state index in [1.54, 1.807) is 13.8 Å². The first kappa shape index (κ1) is 17.1. The fourth-order valence-electron chi connectivity index (χ4n) is 2.37. The van der Waals surface area contributed by atoms with Gasteiger partial charge >= 0.3 is 11.9 Å². The van der Waals surface area contributed by atoms with E-state index < -0.39 is 29.2 Å². The molecule has 2 heterocycles. The second-order valence-electron chi connectivity index (χ2n) is 5.08. The van der Waals surface area contributed by atoms with Crippen molar-refractivity contribution in [1.29, 1.82) is 0 Å². The van der Waals surface area contributed by atoms with Gasteiger partial charge in [0.2, 0.25) is 11.5 Å². The molecule has 2 rings (SSSR count). The molecule has 0 radical (unpaired) electrons. The van der Waals surface area contributed by atoms with E-state index in [0.29, 0.717) is 16.8 Å². The fourth-order valence-corrected chi connectivity index (χ4v) is 2.37. The summed E-state index contributed by atoms with van der Waals surface area (Å²) in [5.74, 6) is -2.68. The van der Waals surface area contributed by atoms with Gasteiger partial charge in [-0.15, -0.1) is 0 Å². The molecule has 9 nitrogen and oxygen atoms in total. The third-order valence-electron chi connectivity index (χ3n) is 3.38. The zero-order valence-corrected chi connectivity index (χ0v) is 13.2. The van der Waals surface area contributed by atoms with Crippen molar-refractivity contribution < 1.29 is 28.5 Å². The highest BCUT2D eigenvalue weighted by Crippen LogP contribution is 2.20. The lowest BCUT2D eigenvalue weighted by Crippen LogP contribution is -2.15. The van der Waals surface area contributed by atoms with E-state index >= 15 is 0 Å². The number of ether oxygens (including phenoxy) is 1. The summed E-state index contributed by atoms with van der Waals surface area (Å²) in [6.45, 7) is 4.08. The predicted octanol–water partition coefficient (Wildman–Crippen LogP) is 2.38. The number of nitrogens with zero attached hydrogens (tertiary/aromatic N) is 1. The summed E-state index contributed by atoms with van der Waals surface area (Å²) >= 11 is 0. The largest absolute Gasteiger partial charge is 0.451 e. The van der Waals surface area contributed by atoms with Gasteiger partial charge in [0.25, 0.3) is 0 Å². The first-order valence-corrected chi connectivity index (χ1v) is 6.87. The summed E-state index contributed by atoms with van der Waals surface area (Å²) in [4.78, 5) is 47.9. The van der Waals surface area contributed by atoms with Gasteiger partial charge in [0, 0.05) is 11.3 Å². The van der Waals surface area contributed by atoms with Gasteiger partial charge in [0.15, 0.2) is 12.4 Å². The molecule has 0 aliphatic rings. The van der Waals surface area contributed by atoms with Crippen molar-refractivity contribution in [3.8, 4) is 0 Å². The maximum atomic E-state index is 12.1. The molecule has 0 bridgehead atoms. The molecule has 0 unspecified atom stereocenters. The van der Waals surface area contributed by atoms with Gasteiger partial charge in [0.05, 0.1) is 11.8 Å². The van der Waals surface area contributed by atoms with Gasteiger partial charge in [-0.2, -0.15) is 0 Å². The average Bonchev–Trinajstić information content (AvgIpc) is 3.09. The number of rotatable bonds is 6. The normalized spacial score (nSPS) is 10.5. The Morgan fingerprint density at radius 3 is 2.46 bits per heavy atom. The van der Waals surface area contributed by atoms with E-state index in [2.05, 4.69) is 9.40 Å². The number of furan rings is 1. The zero-order chi connectivity index (χ0) is 18.0. The van der Waals surface area contributed by atoms with Crippen LogP contribution in [0.15, 0.2) is 16.5 Å². The number of hydrogen-bond acceptors (Lipinski definition) is 7. The number of esters is 1. The van der Waals surface area contributed by atoms with Crippen LogP contribution in [0.2, 0.25) is 0 Å². The number of carbonyl (C=O) groups is 3. The van der Waals surface area contributed by atoms with Crippen LogP contribution in [0, 0.1) is 24.0 Å². The lowest BCUT2D eigenvalue weighted by atomic mass is 10.1. The summed E-state index contributed by atoms with van der Waals surface area (Å²) in [6.07, 6.45) is 0. The van der Waals surface area contributed by atoms with Crippen molar-refractivity contribution in [1.82, 2.24) is 4.98 Å². The number of Topliss-reactive ketones (excluding diaryl/α,β-unsaturated/α-hetero) is 2. The second-order valence-corrected chi connectivity index (χ2v) is 5.08. The van der Waals surface area contributed by atoms with E-state index in [1.165, 1.54) is 6.92 Å². The lowest BCUT2D eigenvalue weighted by Gasteiger charge is -2.02. The number of nitrogens with one attached hydrogen (secondary N) is 1. The Hall–Kier alpha value is -3.23. The molecular weight excluding hydrogens is 320 g/mol. The van der Waals surface area contributed by atoms with Crippen molar-refractivity contribution >= 4 is 23.4 Å². The Kier molecular flexibility index (Phi) is 4.63. The van der Waals surface area contributed by atoms with Crippen LogP contribution < -0.4 is 0 Å². The van der Waals surface area contributed by atoms with Crippen LogP contribution >= 0.6 is 0 Å². The molecule has 0 saturated heterocycles. The second kappa shape index (κ2) is 6.49. The first-order valence-electron chi connectivity index (χ1n) is 6.87. The SMILES string of the molecule is CC(=O)c1c(C)[nH]c(C(=O)COC(=O)c2ccc([N+](=O)[O-])o2)c1C. The Balaban J connectivity index is 2.08. The van der Waals surface area contributed by atoms with Crippen molar-refractivity contribution in [3.63, 3.8) is 0 Å². The molecular formula is C15H14N2O7.